The number of aryl methyl sites for hydroxylation is 1. The number of fused-ring (bicyclic) bond motifs is 1. The van der Waals surface area contributed by atoms with Crippen molar-refractivity contribution in [2.24, 2.45) is 0 Å². The van der Waals surface area contributed by atoms with Crippen LogP contribution in [-0.4, -0.2) is 34.1 Å². The normalized spacial score (nSPS) is 32.9. The second kappa shape index (κ2) is 3.68. The lowest BCUT2D eigenvalue weighted by Gasteiger charge is -2.32. The van der Waals surface area contributed by atoms with E-state index >= 15 is 0 Å². The molecule has 1 aromatic heterocycles. The minimum atomic E-state index is -0.793. The van der Waals surface area contributed by atoms with E-state index in [1.807, 2.05) is 13.0 Å². The van der Waals surface area contributed by atoms with Crippen LogP contribution in [-0.2, 0) is 5.60 Å². The van der Waals surface area contributed by atoms with Gasteiger partial charge in [-0.05, 0) is 44.4 Å². The molecule has 0 aliphatic carbocycles. The molecule has 2 saturated heterocycles. The Hall–Kier alpha value is -1.13. The van der Waals surface area contributed by atoms with Crippen molar-refractivity contribution < 1.29 is 5.11 Å². The van der Waals surface area contributed by atoms with Crippen LogP contribution < -0.4 is 5.73 Å². The maximum atomic E-state index is 11.0. The molecule has 3 rings (SSSR count). The second-order valence-electron chi connectivity index (χ2n) is 5.26. The summed E-state index contributed by atoms with van der Waals surface area (Å²) in [5.41, 5.74) is 7.09. The van der Waals surface area contributed by atoms with Gasteiger partial charge in [-0.2, -0.15) is 0 Å². The Bertz CT molecular complexity index is 428. The molecule has 2 atom stereocenters. The fourth-order valence-corrected chi connectivity index (χ4v) is 3.55. The Morgan fingerprint density at radius 3 is 3.12 bits per heavy atom. The summed E-state index contributed by atoms with van der Waals surface area (Å²) in [7, 11) is 0. The van der Waals surface area contributed by atoms with Crippen LogP contribution in [0.15, 0.2) is 12.3 Å². The van der Waals surface area contributed by atoms with E-state index in [2.05, 4.69) is 9.88 Å². The number of hydrogen-bond acceptors (Lipinski definition) is 4. The van der Waals surface area contributed by atoms with Gasteiger partial charge in [0, 0.05) is 24.3 Å². The molecule has 4 nitrogen and oxygen atoms in total. The zero-order valence-corrected chi connectivity index (χ0v) is 10.2. The highest BCUT2D eigenvalue weighted by Crippen LogP contribution is 2.45. The lowest BCUT2D eigenvalue weighted by molar-refractivity contribution is 0.00929. The van der Waals surface area contributed by atoms with E-state index < -0.39 is 5.60 Å². The number of nitrogens with two attached hydrogens (primary N) is 1. The number of nitrogens with zero attached hydrogens (tertiary/aromatic N) is 2. The molecule has 0 aromatic carbocycles. The van der Waals surface area contributed by atoms with Crippen LogP contribution in [0.3, 0.4) is 0 Å². The largest absolute Gasteiger partial charge is 0.383 e. The smallest absolute Gasteiger partial charge is 0.129 e. The van der Waals surface area contributed by atoms with E-state index in [1.165, 1.54) is 6.42 Å². The van der Waals surface area contributed by atoms with Crippen LogP contribution in [0.5, 0.6) is 0 Å². The molecule has 3 N–H and O–H groups in total. The van der Waals surface area contributed by atoms with Crippen LogP contribution >= 0.6 is 0 Å². The zero-order chi connectivity index (χ0) is 12.0. The van der Waals surface area contributed by atoms with Gasteiger partial charge in [-0.3, -0.25) is 4.90 Å². The summed E-state index contributed by atoms with van der Waals surface area (Å²) in [6.07, 6.45) is 4.71. The van der Waals surface area contributed by atoms with Crippen LogP contribution in [0.4, 0.5) is 5.82 Å². The topological polar surface area (TPSA) is 62.4 Å². The van der Waals surface area contributed by atoms with Crippen molar-refractivity contribution in [3.8, 4) is 0 Å². The van der Waals surface area contributed by atoms with Crippen LogP contribution in [0, 0.1) is 6.92 Å². The van der Waals surface area contributed by atoms with E-state index in [-0.39, 0.29) is 6.04 Å². The fraction of sp³-hybridized carbons (Fsp3) is 0.615. The summed E-state index contributed by atoms with van der Waals surface area (Å²) in [4.78, 5) is 6.52. The van der Waals surface area contributed by atoms with Crippen LogP contribution in [0.25, 0.3) is 0 Å². The van der Waals surface area contributed by atoms with E-state index in [1.54, 1.807) is 6.20 Å². The van der Waals surface area contributed by atoms with Gasteiger partial charge in [-0.25, -0.2) is 4.98 Å². The van der Waals surface area contributed by atoms with E-state index in [0.29, 0.717) is 5.82 Å². The molecule has 17 heavy (non-hydrogen) atoms. The first-order valence-corrected chi connectivity index (χ1v) is 6.31. The average molecular weight is 233 g/mol. The molecule has 2 aliphatic heterocycles. The molecular weight excluding hydrogens is 214 g/mol. The molecule has 0 bridgehead atoms. The first-order chi connectivity index (χ1) is 8.13. The Morgan fingerprint density at radius 1 is 1.53 bits per heavy atom. The third-order valence-corrected chi connectivity index (χ3v) is 4.32. The third kappa shape index (κ3) is 1.47. The average Bonchev–Trinajstić information content (AvgIpc) is 2.84. The highest BCUT2D eigenvalue weighted by atomic mass is 16.3. The number of rotatable bonds is 1. The molecule has 4 heteroatoms. The zero-order valence-electron chi connectivity index (χ0n) is 10.2. The van der Waals surface area contributed by atoms with Crippen molar-refractivity contribution in [1.29, 1.82) is 0 Å². The summed E-state index contributed by atoms with van der Waals surface area (Å²) >= 11 is 0. The van der Waals surface area contributed by atoms with Gasteiger partial charge in [0.2, 0.25) is 0 Å². The Morgan fingerprint density at radius 2 is 2.35 bits per heavy atom. The number of anilines is 1. The van der Waals surface area contributed by atoms with Gasteiger partial charge in [0.15, 0.2) is 0 Å². The Kier molecular flexibility index (Phi) is 2.38. The van der Waals surface area contributed by atoms with Gasteiger partial charge in [0.1, 0.15) is 11.4 Å². The van der Waals surface area contributed by atoms with E-state index in [9.17, 15) is 5.11 Å². The number of hydrogen-bond donors (Lipinski definition) is 2. The number of pyridine rings is 1. The number of nitrogen functional groups attached to an aromatic ring is 1. The van der Waals surface area contributed by atoms with Crippen molar-refractivity contribution >= 4 is 5.82 Å². The Labute approximate surface area is 101 Å². The second-order valence-corrected chi connectivity index (χ2v) is 5.26. The van der Waals surface area contributed by atoms with E-state index in [0.717, 1.165) is 37.1 Å². The summed E-state index contributed by atoms with van der Waals surface area (Å²) in [6, 6.07) is 2.16. The Balaban J connectivity index is 2.08. The summed E-state index contributed by atoms with van der Waals surface area (Å²) in [6.45, 7) is 4.07. The molecule has 92 valence electrons. The minimum absolute atomic E-state index is 0.229. The standard InChI is InChI=1S/C13H19N3O/c1-9-4-6-15-12(14)11(9)13(17)5-8-16-7-2-3-10(13)16/h4,6,10,17H,2-3,5,7-8H2,1H3,(H2,14,15). The molecule has 0 saturated carbocycles. The van der Waals surface area contributed by atoms with Gasteiger partial charge in [0.05, 0.1) is 0 Å². The molecule has 2 unspecified atom stereocenters. The summed E-state index contributed by atoms with van der Waals surface area (Å²) in [5.74, 6) is 0.487. The van der Waals surface area contributed by atoms with Crippen LogP contribution in [0.1, 0.15) is 30.4 Å². The molecule has 0 amide bonds. The molecule has 2 aliphatic rings. The molecule has 0 spiro atoms. The van der Waals surface area contributed by atoms with Gasteiger partial charge in [-0.15, -0.1) is 0 Å². The summed E-state index contributed by atoms with van der Waals surface area (Å²) in [5, 5.41) is 11.0. The van der Waals surface area contributed by atoms with Crippen molar-refractivity contribution in [3.05, 3.63) is 23.4 Å². The highest BCUT2D eigenvalue weighted by molar-refractivity contribution is 5.49. The van der Waals surface area contributed by atoms with Gasteiger partial charge < -0.3 is 10.8 Å². The monoisotopic (exact) mass is 233 g/mol. The first-order valence-electron chi connectivity index (χ1n) is 6.31. The lowest BCUT2D eigenvalue weighted by Crippen LogP contribution is -2.40. The van der Waals surface area contributed by atoms with E-state index in [4.69, 9.17) is 5.73 Å². The van der Waals surface area contributed by atoms with Crippen molar-refractivity contribution in [2.45, 2.75) is 37.8 Å². The van der Waals surface area contributed by atoms with Crippen molar-refractivity contribution in [2.75, 3.05) is 18.8 Å². The molecule has 1 aromatic rings. The minimum Gasteiger partial charge on any atom is -0.383 e. The van der Waals surface area contributed by atoms with Crippen LogP contribution in [0.2, 0.25) is 0 Å². The number of aromatic nitrogens is 1. The van der Waals surface area contributed by atoms with Gasteiger partial charge >= 0.3 is 0 Å². The molecule has 0 radical (unpaired) electrons. The quantitative estimate of drug-likeness (QED) is 0.760. The fourth-order valence-electron chi connectivity index (χ4n) is 3.55. The van der Waals surface area contributed by atoms with Crippen molar-refractivity contribution in [1.82, 2.24) is 9.88 Å². The third-order valence-electron chi connectivity index (χ3n) is 4.32. The van der Waals surface area contributed by atoms with Gasteiger partial charge in [0.25, 0.3) is 0 Å². The molecular formula is C13H19N3O. The SMILES string of the molecule is Cc1ccnc(N)c1C1(O)CCN2CCCC21. The number of aliphatic hydroxyl groups is 1. The predicted molar refractivity (Wildman–Crippen MR) is 66.5 cm³/mol. The highest BCUT2D eigenvalue weighted by Gasteiger charge is 2.50. The first kappa shape index (κ1) is 11.0. The lowest BCUT2D eigenvalue weighted by atomic mass is 9.83. The maximum absolute atomic E-state index is 11.0. The van der Waals surface area contributed by atoms with Gasteiger partial charge in [-0.1, -0.05) is 0 Å². The molecule has 3 heterocycles. The molecule has 2 fully saturated rings. The maximum Gasteiger partial charge on any atom is 0.129 e. The summed E-state index contributed by atoms with van der Waals surface area (Å²) < 4.78 is 0. The van der Waals surface area contributed by atoms with Crippen molar-refractivity contribution in [3.63, 3.8) is 0 Å². The predicted octanol–water partition coefficient (Wildman–Crippen LogP) is 1.03.